The largest absolute Gasteiger partial charge is 0.369 e. The predicted molar refractivity (Wildman–Crippen MR) is 69.7 cm³/mol. The Bertz CT molecular complexity index is 223. The fourth-order valence-electron chi connectivity index (χ4n) is 3.20. The van der Waals surface area contributed by atoms with Crippen molar-refractivity contribution in [2.24, 2.45) is 5.92 Å². The minimum atomic E-state index is 0.00488. The zero-order valence-electron chi connectivity index (χ0n) is 11.9. The van der Waals surface area contributed by atoms with Gasteiger partial charge in [0.25, 0.3) is 0 Å². The SMILES string of the molecule is CCCCC(NC)C1CC(C)(C)OC1(C)C. The molecule has 1 aliphatic rings. The molecule has 1 aliphatic heterocycles. The van der Waals surface area contributed by atoms with E-state index in [1.165, 1.54) is 19.3 Å². The molecule has 96 valence electrons. The standard InChI is InChI=1S/C14H29NO/c1-7-8-9-12(15-6)11-10-13(2,3)16-14(11,4)5/h11-12,15H,7-10H2,1-6H3. The predicted octanol–water partition coefficient (Wildman–Crippen LogP) is 3.36. The summed E-state index contributed by atoms with van der Waals surface area (Å²) in [6.45, 7) is 11.2. The number of rotatable bonds is 5. The average molecular weight is 227 g/mol. The molecule has 2 unspecified atom stereocenters. The lowest BCUT2D eigenvalue weighted by Gasteiger charge is -2.33. The van der Waals surface area contributed by atoms with Crippen molar-refractivity contribution in [2.45, 2.75) is 77.5 Å². The molecule has 0 saturated carbocycles. The van der Waals surface area contributed by atoms with Crippen LogP contribution in [-0.2, 0) is 4.74 Å². The van der Waals surface area contributed by atoms with E-state index in [2.05, 4.69) is 47.0 Å². The molecule has 0 bridgehead atoms. The number of hydrogen-bond donors (Lipinski definition) is 1. The Morgan fingerprint density at radius 2 is 1.94 bits per heavy atom. The van der Waals surface area contributed by atoms with Crippen molar-refractivity contribution in [3.8, 4) is 0 Å². The summed E-state index contributed by atoms with van der Waals surface area (Å²) in [4.78, 5) is 0. The van der Waals surface area contributed by atoms with E-state index in [0.717, 1.165) is 6.42 Å². The van der Waals surface area contributed by atoms with Gasteiger partial charge in [0.2, 0.25) is 0 Å². The minimum absolute atomic E-state index is 0.00488. The highest BCUT2D eigenvalue weighted by Gasteiger charge is 2.48. The normalized spacial score (nSPS) is 29.2. The molecule has 0 amide bonds. The Balaban J connectivity index is 2.69. The molecule has 0 aromatic rings. The van der Waals surface area contributed by atoms with Gasteiger partial charge in [-0.25, -0.2) is 0 Å². The minimum Gasteiger partial charge on any atom is -0.369 e. The number of nitrogens with one attached hydrogen (secondary N) is 1. The Labute approximate surface area is 101 Å². The van der Waals surface area contributed by atoms with Crippen LogP contribution >= 0.6 is 0 Å². The monoisotopic (exact) mass is 227 g/mol. The molecule has 0 aromatic heterocycles. The average Bonchev–Trinajstić information content (AvgIpc) is 2.36. The van der Waals surface area contributed by atoms with E-state index in [-0.39, 0.29) is 11.2 Å². The Kier molecular flexibility index (Phi) is 4.42. The zero-order valence-corrected chi connectivity index (χ0v) is 11.9. The molecular weight excluding hydrogens is 198 g/mol. The van der Waals surface area contributed by atoms with E-state index in [0.29, 0.717) is 12.0 Å². The molecule has 0 radical (unpaired) electrons. The van der Waals surface area contributed by atoms with Gasteiger partial charge in [0, 0.05) is 12.0 Å². The van der Waals surface area contributed by atoms with Crippen LogP contribution in [0.4, 0.5) is 0 Å². The lowest BCUT2D eigenvalue weighted by molar-refractivity contribution is -0.0777. The smallest absolute Gasteiger partial charge is 0.0677 e. The maximum atomic E-state index is 6.17. The molecule has 1 saturated heterocycles. The molecule has 2 atom stereocenters. The second-order valence-electron chi connectivity index (χ2n) is 6.31. The molecule has 2 heteroatoms. The molecular formula is C14H29NO. The molecule has 1 rings (SSSR count). The summed E-state index contributed by atoms with van der Waals surface area (Å²) in [5, 5.41) is 3.49. The van der Waals surface area contributed by atoms with Gasteiger partial charge in [-0.15, -0.1) is 0 Å². The van der Waals surface area contributed by atoms with Crippen LogP contribution in [-0.4, -0.2) is 24.3 Å². The molecule has 1 N–H and O–H groups in total. The van der Waals surface area contributed by atoms with Crippen LogP contribution in [0.15, 0.2) is 0 Å². The highest BCUT2D eigenvalue weighted by Crippen LogP contribution is 2.44. The molecule has 0 spiro atoms. The fourth-order valence-corrected chi connectivity index (χ4v) is 3.20. The van der Waals surface area contributed by atoms with E-state index >= 15 is 0 Å². The van der Waals surface area contributed by atoms with Gasteiger partial charge in [0.05, 0.1) is 11.2 Å². The van der Waals surface area contributed by atoms with E-state index in [1.54, 1.807) is 0 Å². The summed E-state index contributed by atoms with van der Waals surface area (Å²) in [5.74, 6) is 0.624. The number of unbranched alkanes of at least 4 members (excludes halogenated alkanes) is 1. The van der Waals surface area contributed by atoms with Crippen LogP contribution in [0.1, 0.15) is 60.3 Å². The van der Waals surface area contributed by atoms with Gasteiger partial charge in [-0.2, -0.15) is 0 Å². The molecule has 2 nitrogen and oxygen atoms in total. The van der Waals surface area contributed by atoms with E-state index in [9.17, 15) is 0 Å². The maximum absolute atomic E-state index is 6.17. The molecule has 0 aromatic carbocycles. The molecule has 1 fully saturated rings. The van der Waals surface area contributed by atoms with Crippen molar-refractivity contribution in [1.82, 2.24) is 5.32 Å². The summed E-state index contributed by atoms with van der Waals surface area (Å²) < 4.78 is 6.17. The Hall–Kier alpha value is -0.0800. The van der Waals surface area contributed by atoms with E-state index in [1.807, 2.05) is 0 Å². The maximum Gasteiger partial charge on any atom is 0.0677 e. The van der Waals surface area contributed by atoms with Crippen molar-refractivity contribution in [1.29, 1.82) is 0 Å². The van der Waals surface area contributed by atoms with Gasteiger partial charge in [0.1, 0.15) is 0 Å². The summed E-state index contributed by atoms with van der Waals surface area (Å²) in [6, 6.07) is 0.594. The van der Waals surface area contributed by atoms with Crippen LogP contribution < -0.4 is 5.32 Å². The Morgan fingerprint density at radius 1 is 1.31 bits per heavy atom. The molecule has 0 aliphatic carbocycles. The van der Waals surface area contributed by atoms with Gasteiger partial charge >= 0.3 is 0 Å². The zero-order chi connectivity index (χ0) is 12.4. The third-order valence-electron chi connectivity index (χ3n) is 3.87. The summed E-state index contributed by atoms with van der Waals surface area (Å²) >= 11 is 0. The van der Waals surface area contributed by atoms with Gasteiger partial charge in [-0.05, 0) is 47.6 Å². The quantitative estimate of drug-likeness (QED) is 0.777. The highest BCUT2D eigenvalue weighted by molar-refractivity contribution is 4.99. The number of ether oxygens (including phenoxy) is 1. The molecule has 16 heavy (non-hydrogen) atoms. The molecule has 1 heterocycles. The van der Waals surface area contributed by atoms with Crippen molar-refractivity contribution in [3.63, 3.8) is 0 Å². The third-order valence-corrected chi connectivity index (χ3v) is 3.87. The summed E-state index contributed by atoms with van der Waals surface area (Å²) in [7, 11) is 2.09. The summed E-state index contributed by atoms with van der Waals surface area (Å²) in [5.41, 5.74) is 0.0421. The van der Waals surface area contributed by atoms with Crippen LogP contribution in [0.2, 0.25) is 0 Å². The van der Waals surface area contributed by atoms with Gasteiger partial charge < -0.3 is 10.1 Å². The van der Waals surface area contributed by atoms with Crippen molar-refractivity contribution in [3.05, 3.63) is 0 Å². The van der Waals surface area contributed by atoms with E-state index in [4.69, 9.17) is 4.74 Å². The van der Waals surface area contributed by atoms with Crippen LogP contribution in [0, 0.1) is 5.92 Å². The van der Waals surface area contributed by atoms with Gasteiger partial charge in [-0.3, -0.25) is 0 Å². The first-order valence-corrected chi connectivity index (χ1v) is 6.70. The van der Waals surface area contributed by atoms with Crippen molar-refractivity contribution < 1.29 is 4.74 Å². The first-order chi connectivity index (χ1) is 7.32. The van der Waals surface area contributed by atoms with E-state index < -0.39 is 0 Å². The lowest BCUT2D eigenvalue weighted by Crippen LogP contribution is -2.42. The van der Waals surface area contributed by atoms with Crippen molar-refractivity contribution >= 4 is 0 Å². The van der Waals surface area contributed by atoms with Crippen LogP contribution in [0.3, 0.4) is 0 Å². The van der Waals surface area contributed by atoms with Crippen LogP contribution in [0.5, 0.6) is 0 Å². The third kappa shape index (κ3) is 3.21. The summed E-state index contributed by atoms with van der Waals surface area (Å²) in [6.07, 6.45) is 5.00. The lowest BCUT2D eigenvalue weighted by atomic mass is 9.80. The Morgan fingerprint density at radius 3 is 2.31 bits per heavy atom. The second-order valence-corrected chi connectivity index (χ2v) is 6.31. The van der Waals surface area contributed by atoms with Crippen LogP contribution in [0.25, 0.3) is 0 Å². The van der Waals surface area contributed by atoms with Crippen molar-refractivity contribution in [2.75, 3.05) is 7.05 Å². The topological polar surface area (TPSA) is 21.3 Å². The first kappa shape index (κ1) is 14.0. The number of hydrogen-bond acceptors (Lipinski definition) is 2. The second kappa shape index (κ2) is 5.05. The fraction of sp³-hybridized carbons (Fsp3) is 1.00. The van der Waals surface area contributed by atoms with Gasteiger partial charge in [-0.1, -0.05) is 19.8 Å². The highest BCUT2D eigenvalue weighted by atomic mass is 16.5. The first-order valence-electron chi connectivity index (χ1n) is 6.70. The van der Waals surface area contributed by atoms with Gasteiger partial charge in [0.15, 0.2) is 0 Å².